The highest BCUT2D eigenvalue weighted by Gasteiger charge is 2.46. The van der Waals surface area contributed by atoms with Crippen molar-refractivity contribution < 1.29 is 19.2 Å². The number of carbonyl (C=O) groups is 4. The molecule has 0 saturated carbocycles. The minimum Gasteiger partial charge on any atom is -0.356 e. The standard InChI is InChI=1S/C18H30N4O4/c1-4-5-6-9-19-15(23)14-7-10-20(11-8-14)12-21-16(24)17(25)22(13(2)3)18(21)26/h13-14H,4-12H2,1-3H3,(H,19,23). The summed E-state index contributed by atoms with van der Waals surface area (Å²) in [5.41, 5.74) is 0. The Hall–Kier alpha value is -1.96. The number of nitrogens with zero attached hydrogens (tertiary/aromatic N) is 3. The van der Waals surface area contributed by atoms with Crippen molar-refractivity contribution in [2.24, 2.45) is 5.92 Å². The van der Waals surface area contributed by atoms with Crippen molar-refractivity contribution in [3.05, 3.63) is 0 Å². The highest BCUT2D eigenvalue weighted by atomic mass is 16.2. The van der Waals surface area contributed by atoms with Crippen LogP contribution in [0.5, 0.6) is 0 Å². The highest BCUT2D eigenvalue weighted by Crippen LogP contribution is 2.20. The molecule has 0 spiro atoms. The Morgan fingerprint density at radius 2 is 1.77 bits per heavy atom. The first-order valence-corrected chi connectivity index (χ1v) is 9.55. The maximum absolute atomic E-state index is 12.3. The molecule has 2 fully saturated rings. The Bertz CT molecular complexity index is 555. The van der Waals surface area contributed by atoms with Gasteiger partial charge in [0.25, 0.3) is 0 Å². The van der Waals surface area contributed by atoms with Crippen LogP contribution in [0.4, 0.5) is 4.79 Å². The SMILES string of the molecule is CCCCCNC(=O)C1CCN(CN2C(=O)C(=O)N(C(C)C)C2=O)CC1. The molecule has 0 aromatic carbocycles. The number of amides is 5. The molecular weight excluding hydrogens is 336 g/mol. The van der Waals surface area contributed by atoms with Crippen molar-refractivity contribution >= 4 is 23.8 Å². The lowest BCUT2D eigenvalue weighted by Gasteiger charge is -2.33. The fourth-order valence-corrected chi connectivity index (χ4v) is 3.37. The summed E-state index contributed by atoms with van der Waals surface area (Å²) in [4.78, 5) is 52.5. The molecule has 26 heavy (non-hydrogen) atoms. The van der Waals surface area contributed by atoms with Crippen LogP contribution in [0.15, 0.2) is 0 Å². The Morgan fingerprint density at radius 1 is 1.12 bits per heavy atom. The van der Waals surface area contributed by atoms with Crippen LogP contribution >= 0.6 is 0 Å². The van der Waals surface area contributed by atoms with E-state index < -0.39 is 17.8 Å². The third-order valence-corrected chi connectivity index (χ3v) is 4.98. The molecule has 146 valence electrons. The molecule has 2 aliphatic heterocycles. The van der Waals surface area contributed by atoms with Gasteiger partial charge in [-0.3, -0.25) is 24.2 Å². The van der Waals surface area contributed by atoms with Gasteiger partial charge in [-0.05, 0) is 33.1 Å². The van der Waals surface area contributed by atoms with Gasteiger partial charge in [0.1, 0.15) is 0 Å². The molecule has 2 saturated heterocycles. The van der Waals surface area contributed by atoms with Gasteiger partial charge in [0.05, 0.1) is 6.67 Å². The number of carbonyl (C=O) groups excluding carboxylic acids is 4. The number of hydrogen-bond acceptors (Lipinski definition) is 5. The van der Waals surface area contributed by atoms with Crippen LogP contribution in [0.3, 0.4) is 0 Å². The average Bonchev–Trinajstić information content (AvgIpc) is 2.82. The van der Waals surface area contributed by atoms with E-state index in [1.807, 2.05) is 4.90 Å². The van der Waals surface area contributed by atoms with E-state index in [1.54, 1.807) is 13.8 Å². The van der Waals surface area contributed by atoms with Gasteiger partial charge in [-0.15, -0.1) is 0 Å². The molecule has 0 aromatic rings. The molecule has 0 aromatic heterocycles. The maximum Gasteiger partial charge on any atom is 0.335 e. The predicted octanol–water partition coefficient (Wildman–Crippen LogP) is 1.16. The van der Waals surface area contributed by atoms with E-state index in [0.717, 1.165) is 35.6 Å². The molecule has 2 aliphatic rings. The number of unbranched alkanes of at least 4 members (excludes halogenated alkanes) is 2. The minimum atomic E-state index is -0.764. The number of likely N-dealkylation sites (tertiary alicyclic amines) is 1. The summed E-state index contributed by atoms with van der Waals surface area (Å²) in [6, 6.07) is -0.892. The summed E-state index contributed by atoms with van der Waals surface area (Å²) in [7, 11) is 0. The van der Waals surface area contributed by atoms with Crippen molar-refractivity contribution in [3.63, 3.8) is 0 Å². The third-order valence-electron chi connectivity index (χ3n) is 4.98. The van der Waals surface area contributed by atoms with Gasteiger partial charge in [-0.25, -0.2) is 9.69 Å². The summed E-state index contributed by atoms with van der Waals surface area (Å²) in [5, 5.41) is 2.99. The van der Waals surface area contributed by atoms with Gasteiger partial charge in [0.2, 0.25) is 5.91 Å². The van der Waals surface area contributed by atoms with Gasteiger partial charge in [0, 0.05) is 31.6 Å². The Kier molecular flexibility index (Phi) is 7.14. The summed E-state index contributed by atoms with van der Waals surface area (Å²) in [6.07, 6.45) is 4.62. The van der Waals surface area contributed by atoms with Gasteiger partial charge in [-0.1, -0.05) is 19.8 Å². The van der Waals surface area contributed by atoms with Crippen molar-refractivity contribution in [1.29, 1.82) is 0 Å². The van der Waals surface area contributed by atoms with E-state index >= 15 is 0 Å². The highest BCUT2D eigenvalue weighted by molar-refractivity contribution is 6.44. The van der Waals surface area contributed by atoms with Crippen molar-refractivity contribution in [2.75, 3.05) is 26.3 Å². The van der Waals surface area contributed by atoms with Crippen LogP contribution in [0, 0.1) is 5.92 Å². The Labute approximate surface area is 154 Å². The van der Waals surface area contributed by atoms with Crippen LogP contribution in [0.1, 0.15) is 52.9 Å². The number of rotatable bonds is 8. The predicted molar refractivity (Wildman–Crippen MR) is 95.9 cm³/mol. The second-order valence-corrected chi connectivity index (χ2v) is 7.32. The summed E-state index contributed by atoms with van der Waals surface area (Å²) in [6.45, 7) is 7.62. The zero-order chi connectivity index (χ0) is 19.3. The van der Waals surface area contributed by atoms with Crippen molar-refractivity contribution in [2.45, 2.75) is 58.9 Å². The van der Waals surface area contributed by atoms with Crippen molar-refractivity contribution in [3.8, 4) is 0 Å². The Morgan fingerprint density at radius 3 is 2.31 bits per heavy atom. The van der Waals surface area contributed by atoms with Crippen molar-refractivity contribution in [1.82, 2.24) is 20.0 Å². The number of hydrogen-bond donors (Lipinski definition) is 1. The molecule has 0 unspecified atom stereocenters. The smallest absolute Gasteiger partial charge is 0.335 e. The zero-order valence-corrected chi connectivity index (χ0v) is 16.0. The molecule has 2 rings (SSSR count). The number of nitrogens with one attached hydrogen (secondary N) is 1. The summed E-state index contributed by atoms with van der Waals surface area (Å²) in [5.74, 6) is -1.45. The third kappa shape index (κ3) is 4.60. The second kappa shape index (κ2) is 9.12. The van der Waals surface area contributed by atoms with Crippen LogP contribution in [-0.2, 0) is 14.4 Å². The van der Waals surface area contributed by atoms with E-state index in [2.05, 4.69) is 12.2 Å². The average molecular weight is 366 g/mol. The van der Waals surface area contributed by atoms with E-state index in [-0.39, 0.29) is 24.5 Å². The topological polar surface area (TPSA) is 90.0 Å². The largest absolute Gasteiger partial charge is 0.356 e. The molecule has 1 N–H and O–H groups in total. The lowest BCUT2D eigenvalue weighted by Crippen LogP contribution is -2.47. The number of imide groups is 2. The van der Waals surface area contributed by atoms with Crippen LogP contribution < -0.4 is 5.32 Å². The second-order valence-electron chi connectivity index (χ2n) is 7.32. The molecule has 0 aliphatic carbocycles. The molecule has 8 nitrogen and oxygen atoms in total. The molecule has 0 atom stereocenters. The Balaban J connectivity index is 1.80. The molecule has 2 heterocycles. The summed E-state index contributed by atoms with van der Waals surface area (Å²) >= 11 is 0. The van der Waals surface area contributed by atoms with Crippen LogP contribution in [0.25, 0.3) is 0 Å². The van der Waals surface area contributed by atoms with E-state index in [1.165, 1.54) is 0 Å². The van der Waals surface area contributed by atoms with Gasteiger partial charge in [-0.2, -0.15) is 0 Å². The molecule has 8 heteroatoms. The van der Waals surface area contributed by atoms with Crippen LogP contribution in [0.2, 0.25) is 0 Å². The zero-order valence-electron chi connectivity index (χ0n) is 16.0. The number of urea groups is 1. The molecule has 5 amide bonds. The first kappa shape index (κ1) is 20.4. The van der Waals surface area contributed by atoms with E-state index in [0.29, 0.717) is 25.9 Å². The molecular formula is C18H30N4O4. The lowest BCUT2D eigenvalue weighted by atomic mass is 9.96. The van der Waals surface area contributed by atoms with Gasteiger partial charge < -0.3 is 5.32 Å². The first-order valence-electron chi connectivity index (χ1n) is 9.55. The quantitative estimate of drug-likeness (QED) is 0.395. The molecule has 0 radical (unpaired) electrons. The maximum atomic E-state index is 12.3. The van der Waals surface area contributed by atoms with Gasteiger partial charge in [0.15, 0.2) is 0 Å². The monoisotopic (exact) mass is 366 g/mol. The number of piperidine rings is 1. The lowest BCUT2D eigenvalue weighted by molar-refractivity contribution is -0.144. The minimum absolute atomic E-state index is 0.0216. The molecule has 0 bridgehead atoms. The first-order chi connectivity index (χ1) is 12.4. The summed E-state index contributed by atoms with van der Waals surface area (Å²) < 4.78 is 0. The fraction of sp³-hybridized carbons (Fsp3) is 0.778. The van der Waals surface area contributed by atoms with E-state index in [9.17, 15) is 19.2 Å². The van der Waals surface area contributed by atoms with E-state index in [4.69, 9.17) is 0 Å². The van der Waals surface area contributed by atoms with Gasteiger partial charge >= 0.3 is 17.8 Å². The fourth-order valence-electron chi connectivity index (χ4n) is 3.37. The normalized spacial score (nSPS) is 19.8. The van der Waals surface area contributed by atoms with Crippen LogP contribution in [-0.4, -0.2) is 70.8 Å².